The summed E-state index contributed by atoms with van der Waals surface area (Å²) in [6.45, 7) is 2.90. The van der Waals surface area contributed by atoms with Crippen molar-refractivity contribution in [2.24, 2.45) is 23.0 Å². The van der Waals surface area contributed by atoms with E-state index in [9.17, 15) is 34.2 Å². The minimum Gasteiger partial charge on any atom is -0.511 e. The highest BCUT2D eigenvalue weighted by Crippen LogP contribution is 2.53. The molecule has 1 aromatic carbocycles. The molecule has 3 aliphatic rings. The number of allylic oxidation sites excluding steroid dienone is 3. The Balaban J connectivity index is 1.97. The van der Waals surface area contributed by atoms with E-state index >= 15 is 0 Å². The summed E-state index contributed by atoms with van der Waals surface area (Å²) in [5.74, 6) is -7.14. The molecule has 4 N–H and O–H groups in total. The minimum absolute atomic E-state index is 0.0366. The van der Waals surface area contributed by atoms with Crippen molar-refractivity contribution in [1.29, 1.82) is 0 Å². The van der Waals surface area contributed by atoms with Gasteiger partial charge in [0.15, 0.2) is 23.1 Å². The van der Waals surface area contributed by atoms with Crippen molar-refractivity contribution in [3.8, 4) is 5.75 Å². The topological polar surface area (TPSA) is 161 Å². The van der Waals surface area contributed by atoms with Gasteiger partial charge >= 0.3 is 0 Å². The van der Waals surface area contributed by atoms with Crippen LogP contribution >= 0.6 is 0 Å². The van der Waals surface area contributed by atoms with Gasteiger partial charge in [-0.1, -0.05) is 6.92 Å². The highest BCUT2D eigenvalue weighted by Gasteiger charge is 2.59. The first kappa shape index (κ1) is 20.5. The van der Waals surface area contributed by atoms with Gasteiger partial charge in [0.1, 0.15) is 17.1 Å². The first-order valence-electron chi connectivity index (χ1n) is 9.52. The molecule has 0 bridgehead atoms. The van der Waals surface area contributed by atoms with E-state index < -0.39 is 63.4 Å². The van der Waals surface area contributed by atoms with Gasteiger partial charge in [0.05, 0.1) is 23.7 Å². The summed E-state index contributed by atoms with van der Waals surface area (Å²) < 4.78 is 4.93. The number of rotatable bonds is 2. The van der Waals surface area contributed by atoms with Crippen molar-refractivity contribution in [2.45, 2.75) is 20.3 Å². The van der Waals surface area contributed by atoms with Crippen LogP contribution in [0.5, 0.6) is 5.75 Å². The Morgan fingerprint density at radius 1 is 1.16 bits per heavy atom. The van der Waals surface area contributed by atoms with Gasteiger partial charge < -0.3 is 20.7 Å². The molecule has 0 saturated heterocycles. The summed E-state index contributed by atoms with van der Waals surface area (Å²) in [6, 6.07) is 1.34. The van der Waals surface area contributed by atoms with Crippen LogP contribution in [0.4, 0.5) is 0 Å². The van der Waals surface area contributed by atoms with Gasteiger partial charge in [0, 0.05) is 17.6 Å². The molecule has 31 heavy (non-hydrogen) atoms. The number of nitrogens with two attached hydrogens (primary N) is 1. The van der Waals surface area contributed by atoms with Crippen LogP contribution in [0.1, 0.15) is 50.5 Å². The molecule has 1 amide bonds. The number of aliphatic hydroxyl groups is 1. The average molecular weight is 425 g/mol. The van der Waals surface area contributed by atoms with Gasteiger partial charge in [0.2, 0.25) is 5.78 Å². The Morgan fingerprint density at radius 2 is 1.81 bits per heavy atom. The van der Waals surface area contributed by atoms with Crippen LogP contribution in [0.15, 0.2) is 29.2 Å². The largest absolute Gasteiger partial charge is 0.511 e. The molecule has 0 saturated carbocycles. The van der Waals surface area contributed by atoms with E-state index in [1.165, 1.54) is 20.1 Å². The fourth-order valence-electron chi connectivity index (χ4n) is 4.96. The van der Waals surface area contributed by atoms with Crippen LogP contribution in [-0.4, -0.2) is 46.4 Å². The Labute approximate surface area is 176 Å². The minimum atomic E-state index is -1.79. The fraction of sp³-hybridized carbons (Fsp3) is 0.318. The molecular weight excluding hydrogens is 406 g/mol. The lowest BCUT2D eigenvalue weighted by Crippen LogP contribution is -2.55. The first-order valence-corrected chi connectivity index (χ1v) is 9.52. The second-order valence-corrected chi connectivity index (χ2v) is 8.17. The highest BCUT2D eigenvalue weighted by molar-refractivity contribution is 6.32. The predicted molar refractivity (Wildman–Crippen MR) is 105 cm³/mol. The zero-order valence-corrected chi connectivity index (χ0v) is 16.9. The molecule has 9 heteroatoms. The van der Waals surface area contributed by atoms with Gasteiger partial charge in [-0.15, -0.1) is 0 Å². The molecule has 0 aromatic heterocycles. The van der Waals surface area contributed by atoms with E-state index in [1.54, 1.807) is 6.92 Å². The number of hydrogen-bond acceptors (Lipinski definition) is 8. The van der Waals surface area contributed by atoms with Crippen LogP contribution in [0.2, 0.25) is 0 Å². The third-order valence-corrected chi connectivity index (χ3v) is 6.70. The van der Waals surface area contributed by atoms with Crippen molar-refractivity contribution in [2.75, 3.05) is 7.11 Å². The van der Waals surface area contributed by atoms with Gasteiger partial charge in [-0.25, -0.2) is 0 Å². The summed E-state index contributed by atoms with van der Waals surface area (Å²) in [4.78, 5) is 63.7. The number of aromatic hydroxyl groups is 1. The molecule has 3 atom stereocenters. The number of fused-ring (bicyclic) bond motifs is 3. The summed E-state index contributed by atoms with van der Waals surface area (Å²) in [7, 11) is 1.23. The Bertz CT molecular complexity index is 1200. The van der Waals surface area contributed by atoms with E-state index in [0.29, 0.717) is 0 Å². The number of methoxy groups -OCH3 is 1. The van der Waals surface area contributed by atoms with Crippen molar-refractivity contribution in [1.82, 2.24) is 0 Å². The smallest absolute Gasteiger partial charge is 0.255 e. The number of hydrogen-bond donors (Lipinski definition) is 3. The number of ether oxygens (including phenoxy) is 1. The number of carbonyl (C=O) groups is 5. The van der Waals surface area contributed by atoms with Gasteiger partial charge in [-0.3, -0.25) is 24.0 Å². The summed E-state index contributed by atoms with van der Waals surface area (Å²) in [5.41, 5.74) is 2.41. The third kappa shape index (κ3) is 2.40. The Kier molecular flexibility index (Phi) is 4.22. The zero-order valence-electron chi connectivity index (χ0n) is 16.9. The lowest BCUT2D eigenvalue weighted by atomic mass is 9.54. The van der Waals surface area contributed by atoms with Crippen LogP contribution in [0.3, 0.4) is 0 Å². The van der Waals surface area contributed by atoms with Crippen molar-refractivity contribution < 1.29 is 38.9 Å². The normalized spacial score (nSPS) is 27.4. The summed E-state index contributed by atoms with van der Waals surface area (Å²) in [6.07, 6.45) is 0.962. The number of ketones is 4. The van der Waals surface area contributed by atoms with Crippen molar-refractivity contribution >= 4 is 29.0 Å². The first-order chi connectivity index (χ1) is 14.5. The lowest BCUT2D eigenvalue weighted by Gasteiger charge is -2.46. The molecule has 0 spiro atoms. The molecule has 3 unspecified atom stereocenters. The molecule has 9 nitrogen and oxygen atoms in total. The zero-order chi connectivity index (χ0) is 23.0. The number of phenolic OH excluding ortho intramolecular Hbond substituents is 1. The number of benzene rings is 1. The quantitative estimate of drug-likeness (QED) is 0.470. The molecule has 160 valence electrons. The van der Waals surface area contributed by atoms with E-state index in [-0.39, 0.29) is 34.4 Å². The maximum atomic E-state index is 13.5. The number of carbonyl (C=O) groups excluding carboxylic acids is 5. The van der Waals surface area contributed by atoms with Crippen LogP contribution in [0, 0.1) is 17.3 Å². The van der Waals surface area contributed by atoms with E-state index in [0.717, 1.165) is 6.08 Å². The van der Waals surface area contributed by atoms with E-state index in [2.05, 4.69) is 0 Å². The molecule has 4 rings (SSSR count). The predicted octanol–water partition coefficient (Wildman–Crippen LogP) is 1.18. The maximum absolute atomic E-state index is 13.5. The Morgan fingerprint density at radius 3 is 2.39 bits per heavy atom. The summed E-state index contributed by atoms with van der Waals surface area (Å²) in [5, 5.41) is 21.3. The Hall–Kier alpha value is -3.75. The monoisotopic (exact) mass is 425 g/mol. The second kappa shape index (κ2) is 6.37. The fourth-order valence-corrected chi connectivity index (χ4v) is 4.96. The van der Waals surface area contributed by atoms with Gasteiger partial charge in [-0.05, 0) is 30.9 Å². The van der Waals surface area contributed by atoms with Crippen molar-refractivity contribution in [3.05, 3.63) is 51.5 Å². The van der Waals surface area contributed by atoms with Crippen molar-refractivity contribution in [3.63, 3.8) is 0 Å². The number of primary amides is 1. The standard InChI is InChI=1S/C22H19NO8/c1-7-10-5-8-4-9-14(11(24)6-12(31-3)17(9)26)18(27)13(8)19(28)22(10,2)20(29)15(16(7)25)21(23)30/h4,6-7,10,25,27H,5H2,1-3H3,(H2,23,30). The molecule has 0 aliphatic heterocycles. The maximum Gasteiger partial charge on any atom is 0.255 e. The van der Waals surface area contributed by atoms with E-state index in [4.69, 9.17) is 10.5 Å². The van der Waals surface area contributed by atoms with Crippen LogP contribution in [0.25, 0.3) is 0 Å². The highest BCUT2D eigenvalue weighted by atomic mass is 16.5. The van der Waals surface area contributed by atoms with Crippen LogP contribution < -0.4 is 5.73 Å². The van der Waals surface area contributed by atoms with Gasteiger partial charge in [-0.2, -0.15) is 0 Å². The molecule has 1 aromatic rings. The molecule has 0 heterocycles. The third-order valence-electron chi connectivity index (χ3n) is 6.70. The van der Waals surface area contributed by atoms with E-state index in [1.807, 2.05) is 0 Å². The number of aliphatic hydroxyl groups excluding tert-OH is 1. The molecule has 0 fully saturated rings. The SMILES string of the molecule is COC1=CC(=O)c2c(cc3c(c2O)C(=O)C2(C)C(=O)C(C(N)=O)=C(O)C(C)C2C3)C1=O. The number of Topliss-reactive ketones (excluding diaryl/α,β-unsaturated/α-hetero) is 3. The number of amides is 1. The second-order valence-electron chi connectivity index (χ2n) is 8.17. The van der Waals surface area contributed by atoms with Crippen LogP contribution in [-0.2, 0) is 20.7 Å². The summed E-state index contributed by atoms with van der Waals surface area (Å²) >= 11 is 0. The average Bonchev–Trinajstić information content (AvgIpc) is 2.70. The van der Waals surface area contributed by atoms with Gasteiger partial charge in [0.25, 0.3) is 5.91 Å². The molecular formula is C22H19NO8. The lowest BCUT2D eigenvalue weighted by molar-refractivity contribution is -0.130. The number of phenols is 1. The molecule has 3 aliphatic carbocycles. The molecule has 0 radical (unpaired) electrons.